The molecule has 4 aromatic rings. The molecule has 0 radical (unpaired) electrons. The molecule has 2 aromatic heterocycles. The second kappa shape index (κ2) is 8.31. The highest BCUT2D eigenvalue weighted by Crippen LogP contribution is 2.30. The molecule has 2 aromatic carbocycles. The molecule has 0 unspecified atom stereocenters. The van der Waals surface area contributed by atoms with Gasteiger partial charge in [0.25, 0.3) is 5.56 Å². The van der Waals surface area contributed by atoms with Gasteiger partial charge in [0.05, 0.1) is 17.4 Å². The number of anilines is 1. The lowest BCUT2D eigenvalue weighted by atomic mass is 10.0. The summed E-state index contributed by atoms with van der Waals surface area (Å²) in [4.78, 5) is 30.6. The third-order valence-corrected chi connectivity index (χ3v) is 6.27. The highest BCUT2D eigenvalue weighted by atomic mass is 79.9. The van der Waals surface area contributed by atoms with Crippen molar-refractivity contribution in [1.29, 1.82) is 0 Å². The lowest BCUT2D eigenvalue weighted by Crippen LogP contribution is -2.27. The van der Waals surface area contributed by atoms with E-state index >= 15 is 0 Å². The van der Waals surface area contributed by atoms with Crippen LogP contribution in [0.25, 0.3) is 21.3 Å². The number of carbonyl (C=O) groups is 1. The molecular formula is C22H18BrN3O2S. The summed E-state index contributed by atoms with van der Waals surface area (Å²) in [6, 6.07) is 15.5. The van der Waals surface area contributed by atoms with Crippen molar-refractivity contribution in [2.75, 3.05) is 5.32 Å². The van der Waals surface area contributed by atoms with Crippen LogP contribution in [-0.4, -0.2) is 15.5 Å². The maximum atomic E-state index is 13.1. The number of thiophene rings is 1. The minimum atomic E-state index is -0.288. The molecule has 0 aliphatic rings. The van der Waals surface area contributed by atoms with Gasteiger partial charge in [0.2, 0.25) is 5.91 Å². The number of benzene rings is 2. The van der Waals surface area contributed by atoms with Gasteiger partial charge in [-0.1, -0.05) is 43.3 Å². The van der Waals surface area contributed by atoms with Gasteiger partial charge in [-0.3, -0.25) is 14.2 Å². The topological polar surface area (TPSA) is 64.0 Å². The number of hydrogen-bond acceptors (Lipinski definition) is 4. The minimum Gasteiger partial charge on any atom is -0.324 e. The van der Waals surface area contributed by atoms with Crippen molar-refractivity contribution in [1.82, 2.24) is 9.55 Å². The summed E-state index contributed by atoms with van der Waals surface area (Å²) >= 11 is 4.84. The molecule has 1 N–H and O–H groups in total. The van der Waals surface area contributed by atoms with Gasteiger partial charge in [-0.05, 0) is 45.6 Å². The number of aromatic nitrogens is 2. The van der Waals surface area contributed by atoms with Crippen LogP contribution in [0.3, 0.4) is 0 Å². The fraction of sp³-hybridized carbons (Fsp3) is 0.136. The lowest BCUT2D eigenvalue weighted by Gasteiger charge is -2.09. The number of nitrogens with zero attached hydrogens (tertiary/aromatic N) is 2. The lowest BCUT2D eigenvalue weighted by molar-refractivity contribution is -0.116. The largest absolute Gasteiger partial charge is 0.324 e. The van der Waals surface area contributed by atoms with Crippen LogP contribution in [0, 0.1) is 0 Å². The van der Waals surface area contributed by atoms with Gasteiger partial charge in [0.15, 0.2) is 0 Å². The number of rotatable bonds is 5. The Bertz CT molecular complexity index is 1250. The van der Waals surface area contributed by atoms with Crippen molar-refractivity contribution in [3.05, 3.63) is 80.6 Å². The van der Waals surface area contributed by atoms with Crippen LogP contribution >= 0.6 is 27.3 Å². The number of para-hydroxylation sites is 1. The minimum absolute atomic E-state index is 0.104. The molecule has 29 heavy (non-hydrogen) atoms. The Morgan fingerprint density at radius 2 is 1.93 bits per heavy atom. The first-order valence-electron chi connectivity index (χ1n) is 9.17. The molecule has 7 heteroatoms. The van der Waals surface area contributed by atoms with E-state index < -0.39 is 0 Å². The van der Waals surface area contributed by atoms with Crippen LogP contribution in [0.1, 0.15) is 12.5 Å². The zero-order valence-corrected chi connectivity index (χ0v) is 18.1. The second-order valence-corrected chi connectivity index (χ2v) is 8.30. The Labute approximate surface area is 180 Å². The van der Waals surface area contributed by atoms with E-state index in [-0.39, 0.29) is 18.0 Å². The monoisotopic (exact) mass is 467 g/mol. The third kappa shape index (κ3) is 4.02. The summed E-state index contributed by atoms with van der Waals surface area (Å²) < 4.78 is 2.13. The molecule has 0 spiro atoms. The number of halogens is 1. The summed E-state index contributed by atoms with van der Waals surface area (Å²) in [6.07, 6.45) is 2.40. The van der Waals surface area contributed by atoms with Crippen LogP contribution in [0.15, 0.2) is 69.5 Å². The smallest absolute Gasteiger partial charge is 0.263 e. The highest BCUT2D eigenvalue weighted by Gasteiger charge is 2.15. The normalized spacial score (nSPS) is 11.0. The van der Waals surface area contributed by atoms with Gasteiger partial charge < -0.3 is 5.32 Å². The fourth-order valence-electron chi connectivity index (χ4n) is 3.12. The fourth-order valence-corrected chi connectivity index (χ4v) is 4.41. The Hall–Kier alpha value is -2.77. The van der Waals surface area contributed by atoms with Gasteiger partial charge in [-0.15, -0.1) is 11.3 Å². The quantitative estimate of drug-likeness (QED) is 0.444. The molecule has 0 atom stereocenters. The van der Waals surface area contributed by atoms with Crippen LogP contribution in [-0.2, 0) is 17.8 Å². The van der Waals surface area contributed by atoms with E-state index in [2.05, 4.69) is 45.3 Å². The number of fused-ring (bicyclic) bond motifs is 1. The molecule has 0 bridgehead atoms. The van der Waals surface area contributed by atoms with Crippen molar-refractivity contribution in [3.8, 4) is 11.1 Å². The van der Waals surface area contributed by atoms with Crippen molar-refractivity contribution < 1.29 is 4.79 Å². The van der Waals surface area contributed by atoms with E-state index in [1.165, 1.54) is 27.8 Å². The molecule has 0 fully saturated rings. The Balaban J connectivity index is 1.66. The molecule has 4 rings (SSSR count). The molecule has 0 saturated heterocycles. The highest BCUT2D eigenvalue weighted by molar-refractivity contribution is 9.10. The standard InChI is InChI=1S/C22H18BrN3O2S/c1-2-14-7-9-15(10-8-14)16-12-29-21-20(16)22(28)26(13-24-21)11-19(27)25-18-6-4-3-5-17(18)23/h3-10,12-13H,2,11H2,1H3,(H,25,27). The number of hydrogen-bond donors (Lipinski definition) is 1. The number of aryl methyl sites for hydroxylation is 1. The second-order valence-electron chi connectivity index (χ2n) is 6.59. The maximum absolute atomic E-state index is 13.1. The van der Waals surface area contributed by atoms with Gasteiger partial charge >= 0.3 is 0 Å². The number of amides is 1. The van der Waals surface area contributed by atoms with E-state index in [0.29, 0.717) is 15.9 Å². The number of nitrogens with one attached hydrogen (secondary N) is 1. The van der Waals surface area contributed by atoms with Crippen LogP contribution < -0.4 is 10.9 Å². The first-order chi connectivity index (χ1) is 14.1. The van der Waals surface area contributed by atoms with Crippen LogP contribution in [0.2, 0.25) is 0 Å². The van der Waals surface area contributed by atoms with Crippen molar-refractivity contribution in [2.45, 2.75) is 19.9 Å². The zero-order chi connectivity index (χ0) is 20.4. The Morgan fingerprint density at radius 1 is 1.17 bits per heavy atom. The summed E-state index contributed by atoms with van der Waals surface area (Å²) in [5.74, 6) is -0.288. The first kappa shape index (κ1) is 19.5. The molecular weight excluding hydrogens is 450 g/mol. The van der Waals surface area contributed by atoms with Gasteiger partial charge in [-0.2, -0.15) is 0 Å². The third-order valence-electron chi connectivity index (χ3n) is 4.70. The first-order valence-corrected chi connectivity index (χ1v) is 10.8. The van der Waals surface area contributed by atoms with Crippen LogP contribution in [0.4, 0.5) is 5.69 Å². The summed E-state index contributed by atoms with van der Waals surface area (Å²) in [7, 11) is 0. The molecule has 2 heterocycles. The van der Waals surface area contributed by atoms with Crippen molar-refractivity contribution in [3.63, 3.8) is 0 Å². The predicted octanol–water partition coefficient (Wildman–Crippen LogP) is 5.09. The molecule has 146 valence electrons. The molecule has 5 nitrogen and oxygen atoms in total. The SMILES string of the molecule is CCc1ccc(-c2csc3ncn(CC(=O)Nc4ccccc4Br)c(=O)c23)cc1. The molecule has 1 amide bonds. The summed E-state index contributed by atoms with van der Waals surface area (Å²) in [5.41, 5.74) is 3.51. The van der Waals surface area contributed by atoms with E-state index in [0.717, 1.165) is 22.0 Å². The van der Waals surface area contributed by atoms with Crippen molar-refractivity contribution >= 4 is 49.1 Å². The Kier molecular flexibility index (Phi) is 5.60. The average Bonchev–Trinajstić information content (AvgIpc) is 3.17. The summed E-state index contributed by atoms with van der Waals surface area (Å²) in [6.45, 7) is 2.00. The molecule has 0 aliphatic carbocycles. The Morgan fingerprint density at radius 3 is 2.66 bits per heavy atom. The maximum Gasteiger partial charge on any atom is 0.263 e. The van der Waals surface area contributed by atoms with Gasteiger partial charge in [0, 0.05) is 15.4 Å². The molecule has 0 saturated carbocycles. The van der Waals surface area contributed by atoms with Crippen molar-refractivity contribution in [2.24, 2.45) is 0 Å². The van der Waals surface area contributed by atoms with Gasteiger partial charge in [-0.25, -0.2) is 4.98 Å². The van der Waals surface area contributed by atoms with Crippen LogP contribution in [0.5, 0.6) is 0 Å². The van der Waals surface area contributed by atoms with E-state index in [1.54, 1.807) is 6.07 Å². The predicted molar refractivity (Wildman–Crippen MR) is 121 cm³/mol. The zero-order valence-electron chi connectivity index (χ0n) is 15.7. The average molecular weight is 468 g/mol. The van der Waals surface area contributed by atoms with E-state index in [9.17, 15) is 9.59 Å². The van der Waals surface area contributed by atoms with E-state index in [1.807, 2.05) is 35.7 Å². The summed E-state index contributed by atoms with van der Waals surface area (Å²) in [5, 5.41) is 5.32. The van der Waals surface area contributed by atoms with E-state index in [4.69, 9.17) is 0 Å². The van der Waals surface area contributed by atoms with Gasteiger partial charge in [0.1, 0.15) is 11.4 Å². The number of carbonyl (C=O) groups excluding carboxylic acids is 1. The molecule has 0 aliphatic heterocycles.